The van der Waals surface area contributed by atoms with Crippen LogP contribution in [0.3, 0.4) is 0 Å². The maximum Gasteiger partial charge on any atom is 0.490 e. The SMILES string of the molecule is CC(C)c1cccc(-c2cc3nc(N)nc(N)c3c3cc[nH]c23)c1.O=C(O)C(F)(F)F. The summed E-state index contributed by atoms with van der Waals surface area (Å²) in [6, 6.07) is 12.6. The van der Waals surface area contributed by atoms with E-state index < -0.39 is 12.1 Å². The number of halogens is 3. The summed E-state index contributed by atoms with van der Waals surface area (Å²) >= 11 is 0. The van der Waals surface area contributed by atoms with Gasteiger partial charge < -0.3 is 21.6 Å². The van der Waals surface area contributed by atoms with Gasteiger partial charge in [-0.3, -0.25) is 0 Å². The Morgan fingerprint density at radius 2 is 1.81 bits per heavy atom. The molecule has 10 heteroatoms. The van der Waals surface area contributed by atoms with Gasteiger partial charge in [0.2, 0.25) is 5.95 Å². The van der Waals surface area contributed by atoms with Crippen LogP contribution in [0.15, 0.2) is 42.6 Å². The Bertz CT molecular complexity index is 1270. The highest BCUT2D eigenvalue weighted by molar-refractivity contribution is 6.15. The zero-order valence-corrected chi connectivity index (χ0v) is 16.7. The number of benzene rings is 2. The molecule has 2 heterocycles. The molecule has 0 spiro atoms. The van der Waals surface area contributed by atoms with Gasteiger partial charge in [0.15, 0.2) is 0 Å². The van der Waals surface area contributed by atoms with Gasteiger partial charge in [0.1, 0.15) is 5.82 Å². The lowest BCUT2D eigenvalue weighted by molar-refractivity contribution is -0.192. The van der Waals surface area contributed by atoms with Crippen molar-refractivity contribution in [3.8, 4) is 11.1 Å². The third-order valence-corrected chi connectivity index (χ3v) is 4.66. The largest absolute Gasteiger partial charge is 0.490 e. The molecule has 162 valence electrons. The minimum atomic E-state index is -5.08. The molecule has 0 bridgehead atoms. The number of carbonyl (C=O) groups is 1. The molecular weight excluding hydrogens is 411 g/mol. The van der Waals surface area contributed by atoms with E-state index in [1.165, 1.54) is 5.56 Å². The topological polar surface area (TPSA) is 131 Å². The highest BCUT2D eigenvalue weighted by Gasteiger charge is 2.38. The minimum Gasteiger partial charge on any atom is -0.475 e. The van der Waals surface area contributed by atoms with E-state index in [1.807, 2.05) is 18.3 Å². The number of hydrogen-bond donors (Lipinski definition) is 4. The molecule has 4 rings (SSSR count). The number of nitrogens with one attached hydrogen (secondary N) is 1. The first kappa shape index (κ1) is 21.9. The molecule has 0 radical (unpaired) electrons. The molecule has 31 heavy (non-hydrogen) atoms. The maximum atomic E-state index is 10.6. The highest BCUT2D eigenvalue weighted by Crippen LogP contribution is 2.36. The van der Waals surface area contributed by atoms with Crippen molar-refractivity contribution >= 4 is 39.5 Å². The van der Waals surface area contributed by atoms with Crippen LogP contribution >= 0.6 is 0 Å². The lowest BCUT2D eigenvalue weighted by atomic mass is 9.95. The van der Waals surface area contributed by atoms with Crippen LogP contribution in [-0.4, -0.2) is 32.2 Å². The van der Waals surface area contributed by atoms with Gasteiger partial charge in [-0.2, -0.15) is 18.2 Å². The Balaban J connectivity index is 0.000000339. The minimum absolute atomic E-state index is 0.191. The van der Waals surface area contributed by atoms with Gasteiger partial charge in [-0.1, -0.05) is 38.1 Å². The van der Waals surface area contributed by atoms with E-state index in [-0.39, 0.29) is 5.95 Å². The first-order valence-corrected chi connectivity index (χ1v) is 9.22. The Morgan fingerprint density at radius 3 is 2.42 bits per heavy atom. The predicted molar refractivity (Wildman–Crippen MR) is 113 cm³/mol. The molecule has 0 amide bonds. The maximum absolute atomic E-state index is 10.6. The van der Waals surface area contributed by atoms with Crippen molar-refractivity contribution in [2.45, 2.75) is 25.9 Å². The zero-order valence-electron chi connectivity index (χ0n) is 16.7. The number of carboxylic acids is 1. The number of H-pyrrole nitrogens is 1. The second-order valence-electron chi connectivity index (χ2n) is 7.13. The summed E-state index contributed by atoms with van der Waals surface area (Å²) in [7, 11) is 0. The first-order valence-electron chi connectivity index (χ1n) is 9.22. The molecule has 0 aliphatic heterocycles. The normalized spacial score (nSPS) is 11.5. The van der Waals surface area contributed by atoms with E-state index in [0.29, 0.717) is 11.7 Å². The molecule has 2 aromatic heterocycles. The molecule has 7 nitrogen and oxygen atoms in total. The number of nitrogen functional groups attached to an aromatic ring is 2. The summed E-state index contributed by atoms with van der Waals surface area (Å²) < 4.78 is 31.7. The second-order valence-corrected chi connectivity index (χ2v) is 7.13. The van der Waals surface area contributed by atoms with Gasteiger partial charge >= 0.3 is 12.1 Å². The molecule has 0 aliphatic rings. The number of aliphatic carboxylic acids is 1. The Kier molecular flexibility index (Phi) is 5.74. The first-order chi connectivity index (χ1) is 14.5. The van der Waals surface area contributed by atoms with E-state index >= 15 is 0 Å². The fourth-order valence-electron chi connectivity index (χ4n) is 3.20. The average Bonchev–Trinajstić information content (AvgIpc) is 3.16. The van der Waals surface area contributed by atoms with Crippen LogP contribution in [0.25, 0.3) is 32.9 Å². The van der Waals surface area contributed by atoms with E-state index in [0.717, 1.165) is 32.9 Å². The van der Waals surface area contributed by atoms with Crippen molar-refractivity contribution in [3.05, 3.63) is 48.2 Å². The highest BCUT2D eigenvalue weighted by atomic mass is 19.4. The number of fused-ring (bicyclic) bond motifs is 3. The van der Waals surface area contributed by atoms with Crippen LogP contribution in [0.1, 0.15) is 25.3 Å². The number of nitrogens with zero attached hydrogens (tertiary/aromatic N) is 2. The van der Waals surface area contributed by atoms with E-state index in [1.54, 1.807) is 0 Å². The number of nitrogens with two attached hydrogens (primary N) is 2. The van der Waals surface area contributed by atoms with Crippen LogP contribution in [0.4, 0.5) is 24.9 Å². The quantitative estimate of drug-likeness (QED) is 0.364. The number of rotatable bonds is 2. The van der Waals surface area contributed by atoms with Crippen LogP contribution in [0, 0.1) is 0 Å². The third kappa shape index (κ3) is 4.52. The molecular formula is C21H20F3N5O2. The standard InChI is InChI=1S/C19H19N5.C2HF3O2/c1-10(2)11-4-3-5-12(8-11)14-9-15-16(13-6-7-22-17(13)14)18(20)24-19(21)23-15;3-2(4,5)1(6)7/h3-10,22H,1-2H3,(H4,20,21,23,24);(H,6,7). The van der Waals surface area contributed by atoms with Gasteiger partial charge in [-0.05, 0) is 29.2 Å². The van der Waals surface area contributed by atoms with Crippen molar-refractivity contribution in [1.82, 2.24) is 15.0 Å². The van der Waals surface area contributed by atoms with Gasteiger partial charge in [0.25, 0.3) is 0 Å². The van der Waals surface area contributed by atoms with Crippen LogP contribution < -0.4 is 11.5 Å². The monoisotopic (exact) mass is 431 g/mol. The summed E-state index contributed by atoms with van der Waals surface area (Å²) in [6.45, 7) is 4.39. The van der Waals surface area contributed by atoms with E-state index in [9.17, 15) is 13.2 Å². The number of aromatic nitrogens is 3. The Hall–Kier alpha value is -3.82. The summed E-state index contributed by atoms with van der Waals surface area (Å²) in [6.07, 6.45) is -3.17. The summed E-state index contributed by atoms with van der Waals surface area (Å²) in [5, 5.41) is 8.97. The number of aromatic amines is 1. The number of carboxylic acid groups (broad SMARTS) is 1. The van der Waals surface area contributed by atoms with Crippen LogP contribution in [-0.2, 0) is 4.79 Å². The zero-order chi connectivity index (χ0) is 22.9. The molecule has 0 saturated carbocycles. The van der Waals surface area contributed by atoms with E-state index in [2.05, 4.69) is 53.1 Å². The lowest BCUT2D eigenvalue weighted by Crippen LogP contribution is -2.21. The van der Waals surface area contributed by atoms with Crippen molar-refractivity contribution in [3.63, 3.8) is 0 Å². The van der Waals surface area contributed by atoms with Gasteiger partial charge in [0.05, 0.1) is 16.4 Å². The molecule has 0 aliphatic carbocycles. The fraction of sp³-hybridized carbons (Fsp3) is 0.190. The molecule has 4 aromatic rings. The molecule has 6 N–H and O–H groups in total. The Morgan fingerprint density at radius 1 is 1.13 bits per heavy atom. The second kappa shape index (κ2) is 8.13. The van der Waals surface area contributed by atoms with Crippen LogP contribution in [0.2, 0.25) is 0 Å². The molecule has 0 unspecified atom stereocenters. The fourth-order valence-corrected chi connectivity index (χ4v) is 3.20. The van der Waals surface area contributed by atoms with Crippen molar-refractivity contribution in [2.75, 3.05) is 11.5 Å². The third-order valence-electron chi connectivity index (χ3n) is 4.66. The van der Waals surface area contributed by atoms with E-state index in [4.69, 9.17) is 21.4 Å². The summed E-state index contributed by atoms with van der Waals surface area (Å²) in [5.41, 5.74) is 17.2. The van der Waals surface area contributed by atoms with Gasteiger partial charge in [-0.15, -0.1) is 0 Å². The average molecular weight is 431 g/mol. The predicted octanol–water partition coefficient (Wildman–Crippen LogP) is 4.70. The van der Waals surface area contributed by atoms with Gasteiger partial charge in [-0.25, -0.2) is 9.78 Å². The molecule has 0 atom stereocenters. The van der Waals surface area contributed by atoms with Crippen molar-refractivity contribution in [2.24, 2.45) is 0 Å². The summed E-state index contributed by atoms with van der Waals surface area (Å²) in [5.74, 6) is -1.69. The summed E-state index contributed by atoms with van der Waals surface area (Å²) in [4.78, 5) is 20.7. The number of alkyl halides is 3. The van der Waals surface area contributed by atoms with Gasteiger partial charge in [0, 0.05) is 17.1 Å². The smallest absolute Gasteiger partial charge is 0.475 e. The molecule has 2 aromatic carbocycles. The molecule has 0 fully saturated rings. The molecule has 0 saturated heterocycles. The van der Waals surface area contributed by atoms with Crippen LogP contribution in [0.5, 0.6) is 0 Å². The lowest BCUT2D eigenvalue weighted by Gasteiger charge is -2.11. The Labute approximate surface area is 174 Å². The van der Waals surface area contributed by atoms with Crippen molar-refractivity contribution < 1.29 is 23.1 Å². The van der Waals surface area contributed by atoms with Crippen molar-refractivity contribution in [1.29, 1.82) is 0 Å². The number of hydrogen-bond acceptors (Lipinski definition) is 5. The number of anilines is 2.